The van der Waals surface area contributed by atoms with Crippen molar-refractivity contribution in [3.8, 4) is 0 Å². The number of rotatable bonds is 4. The van der Waals surface area contributed by atoms with Crippen molar-refractivity contribution in [3.63, 3.8) is 0 Å². The van der Waals surface area contributed by atoms with Gasteiger partial charge in [0, 0.05) is 18.7 Å². The molecule has 19 heavy (non-hydrogen) atoms. The minimum absolute atomic E-state index is 0.0133. The second-order valence-corrected chi connectivity index (χ2v) is 5.97. The first-order valence-electron chi connectivity index (χ1n) is 7.04. The molecule has 0 spiro atoms. The largest absolute Gasteiger partial charge is 0.389 e. The molecule has 0 heterocycles. The number of amides is 1. The lowest BCUT2D eigenvalue weighted by Crippen LogP contribution is -2.42. The van der Waals surface area contributed by atoms with Crippen LogP contribution in [-0.4, -0.2) is 34.6 Å². The van der Waals surface area contributed by atoms with E-state index < -0.39 is 5.60 Å². The Morgan fingerprint density at radius 2 is 2.00 bits per heavy atom. The molecule has 0 saturated carbocycles. The third kappa shape index (κ3) is 3.35. The van der Waals surface area contributed by atoms with E-state index in [1.807, 2.05) is 19.1 Å². The van der Waals surface area contributed by atoms with Gasteiger partial charge in [0.2, 0.25) is 0 Å². The van der Waals surface area contributed by atoms with Crippen LogP contribution in [0.2, 0.25) is 0 Å². The summed E-state index contributed by atoms with van der Waals surface area (Å²) < 4.78 is 0. The number of nitrogens with zero attached hydrogens (tertiary/aromatic N) is 1. The smallest absolute Gasteiger partial charge is 0.253 e. The first kappa shape index (κ1) is 14.1. The summed E-state index contributed by atoms with van der Waals surface area (Å²) in [5, 5.41) is 9.88. The van der Waals surface area contributed by atoms with Gasteiger partial charge < -0.3 is 10.0 Å². The summed E-state index contributed by atoms with van der Waals surface area (Å²) >= 11 is 0. The highest BCUT2D eigenvalue weighted by atomic mass is 16.3. The highest BCUT2D eigenvalue weighted by Gasteiger charge is 2.23. The molecule has 0 unspecified atom stereocenters. The topological polar surface area (TPSA) is 40.5 Å². The molecule has 3 heteroatoms. The number of aliphatic hydroxyl groups is 1. The first-order valence-corrected chi connectivity index (χ1v) is 7.04. The lowest BCUT2D eigenvalue weighted by atomic mass is 10.0. The minimum Gasteiger partial charge on any atom is -0.389 e. The molecule has 1 aliphatic rings. The molecule has 0 saturated heterocycles. The van der Waals surface area contributed by atoms with Crippen LogP contribution >= 0.6 is 0 Å². The third-order valence-corrected chi connectivity index (χ3v) is 3.59. The van der Waals surface area contributed by atoms with Crippen molar-refractivity contribution in [2.75, 3.05) is 13.1 Å². The molecule has 0 aliphatic heterocycles. The Bertz CT molecular complexity index is 474. The van der Waals surface area contributed by atoms with Gasteiger partial charge in [0.1, 0.15) is 0 Å². The van der Waals surface area contributed by atoms with Crippen molar-refractivity contribution in [1.29, 1.82) is 0 Å². The monoisotopic (exact) mass is 261 g/mol. The van der Waals surface area contributed by atoms with Crippen LogP contribution in [0.25, 0.3) is 0 Å². The average Bonchev–Trinajstić information content (AvgIpc) is 2.81. The molecule has 2 rings (SSSR count). The van der Waals surface area contributed by atoms with Gasteiger partial charge in [-0.2, -0.15) is 0 Å². The van der Waals surface area contributed by atoms with Gasteiger partial charge in [-0.05, 0) is 63.3 Å². The van der Waals surface area contributed by atoms with Crippen molar-refractivity contribution in [2.24, 2.45) is 0 Å². The molecular weight excluding hydrogens is 238 g/mol. The Morgan fingerprint density at radius 3 is 2.63 bits per heavy atom. The van der Waals surface area contributed by atoms with Gasteiger partial charge in [0.15, 0.2) is 0 Å². The zero-order valence-corrected chi connectivity index (χ0v) is 12.1. The Balaban J connectivity index is 2.18. The summed E-state index contributed by atoms with van der Waals surface area (Å²) in [5.41, 5.74) is 2.57. The molecule has 1 N–H and O–H groups in total. The molecule has 0 aromatic heterocycles. The summed E-state index contributed by atoms with van der Waals surface area (Å²) in [6.07, 6.45) is 3.40. The Labute approximate surface area is 115 Å². The molecule has 0 fully saturated rings. The molecule has 0 bridgehead atoms. The normalized spacial score (nSPS) is 14.3. The van der Waals surface area contributed by atoms with Crippen LogP contribution in [0, 0.1) is 0 Å². The molecule has 0 atom stereocenters. The highest BCUT2D eigenvalue weighted by Crippen LogP contribution is 2.23. The van der Waals surface area contributed by atoms with E-state index in [9.17, 15) is 9.90 Å². The number of likely N-dealkylation sites (N-methyl/N-ethyl adjacent to an activating group) is 1. The SMILES string of the molecule is CCN(CC(C)(C)O)C(=O)c1ccc2c(c1)CCC2. The van der Waals surface area contributed by atoms with Gasteiger partial charge in [0.25, 0.3) is 5.91 Å². The molecule has 1 aromatic rings. The molecule has 104 valence electrons. The summed E-state index contributed by atoms with van der Waals surface area (Å²) in [6.45, 7) is 6.37. The van der Waals surface area contributed by atoms with Gasteiger partial charge in [-0.1, -0.05) is 6.07 Å². The predicted molar refractivity (Wildman–Crippen MR) is 76.3 cm³/mol. The van der Waals surface area contributed by atoms with Crippen molar-refractivity contribution >= 4 is 5.91 Å². The predicted octanol–water partition coefficient (Wildman–Crippen LogP) is 2.41. The molecule has 0 radical (unpaired) electrons. The van der Waals surface area contributed by atoms with Gasteiger partial charge in [-0.15, -0.1) is 0 Å². The number of fused-ring (bicyclic) bond motifs is 1. The molecular formula is C16H23NO2. The van der Waals surface area contributed by atoms with Crippen molar-refractivity contribution in [1.82, 2.24) is 4.90 Å². The van der Waals surface area contributed by atoms with Crippen LogP contribution in [-0.2, 0) is 12.8 Å². The maximum atomic E-state index is 12.5. The Hall–Kier alpha value is -1.35. The van der Waals surface area contributed by atoms with E-state index >= 15 is 0 Å². The second-order valence-electron chi connectivity index (χ2n) is 5.97. The number of hydrogen-bond acceptors (Lipinski definition) is 2. The standard InChI is InChI=1S/C16H23NO2/c1-4-17(11-16(2,3)19)15(18)14-9-8-12-6-5-7-13(12)10-14/h8-10,19H,4-7,11H2,1-3H3. The Morgan fingerprint density at radius 1 is 1.32 bits per heavy atom. The third-order valence-electron chi connectivity index (χ3n) is 3.59. The van der Waals surface area contributed by atoms with Crippen molar-refractivity contribution in [3.05, 3.63) is 34.9 Å². The second kappa shape index (κ2) is 5.33. The summed E-state index contributed by atoms with van der Waals surface area (Å²) in [5.74, 6) is 0.0133. The number of aryl methyl sites for hydroxylation is 2. The van der Waals surface area contributed by atoms with Crippen LogP contribution in [0.15, 0.2) is 18.2 Å². The molecule has 3 nitrogen and oxygen atoms in total. The molecule has 1 aromatic carbocycles. The zero-order chi connectivity index (χ0) is 14.0. The van der Waals surface area contributed by atoms with Crippen LogP contribution in [0.4, 0.5) is 0 Å². The van der Waals surface area contributed by atoms with Gasteiger partial charge in [0.05, 0.1) is 5.60 Å². The quantitative estimate of drug-likeness (QED) is 0.904. The van der Waals surface area contributed by atoms with Gasteiger partial charge in [-0.3, -0.25) is 4.79 Å². The number of hydrogen-bond donors (Lipinski definition) is 1. The first-order chi connectivity index (χ1) is 8.90. The van der Waals surface area contributed by atoms with Crippen molar-refractivity contribution in [2.45, 2.75) is 45.6 Å². The highest BCUT2D eigenvalue weighted by molar-refractivity contribution is 5.94. The van der Waals surface area contributed by atoms with E-state index in [-0.39, 0.29) is 5.91 Å². The van der Waals surface area contributed by atoms with E-state index in [1.54, 1.807) is 18.7 Å². The van der Waals surface area contributed by atoms with Gasteiger partial charge in [-0.25, -0.2) is 0 Å². The van der Waals surface area contributed by atoms with Crippen molar-refractivity contribution < 1.29 is 9.90 Å². The summed E-state index contributed by atoms with van der Waals surface area (Å²) in [6, 6.07) is 6.02. The fraction of sp³-hybridized carbons (Fsp3) is 0.562. The van der Waals surface area contributed by atoms with E-state index in [2.05, 4.69) is 6.07 Å². The summed E-state index contributed by atoms with van der Waals surface area (Å²) in [7, 11) is 0. The maximum absolute atomic E-state index is 12.5. The van der Waals surface area contributed by atoms with E-state index in [0.717, 1.165) is 18.4 Å². The fourth-order valence-electron chi connectivity index (χ4n) is 2.68. The molecule has 1 aliphatic carbocycles. The molecule has 1 amide bonds. The number of benzene rings is 1. The van der Waals surface area contributed by atoms with Gasteiger partial charge >= 0.3 is 0 Å². The van der Waals surface area contributed by atoms with Crippen LogP contribution in [0.3, 0.4) is 0 Å². The van der Waals surface area contributed by atoms with Crippen LogP contribution < -0.4 is 0 Å². The number of carbonyl (C=O) groups is 1. The minimum atomic E-state index is -0.859. The average molecular weight is 261 g/mol. The maximum Gasteiger partial charge on any atom is 0.253 e. The van der Waals surface area contributed by atoms with E-state index in [0.29, 0.717) is 13.1 Å². The fourth-order valence-corrected chi connectivity index (χ4v) is 2.68. The zero-order valence-electron chi connectivity index (χ0n) is 12.1. The van der Waals surface area contributed by atoms with E-state index in [4.69, 9.17) is 0 Å². The number of carbonyl (C=O) groups excluding carboxylic acids is 1. The lowest BCUT2D eigenvalue weighted by Gasteiger charge is -2.28. The van der Waals surface area contributed by atoms with E-state index in [1.165, 1.54) is 17.5 Å². The summed E-state index contributed by atoms with van der Waals surface area (Å²) in [4.78, 5) is 14.2. The lowest BCUT2D eigenvalue weighted by molar-refractivity contribution is 0.0314. The van der Waals surface area contributed by atoms with Crippen LogP contribution in [0.1, 0.15) is 48.7 Å². The Kier molecular flexibility index (Phi) is 3.95. The van der Waals surface area contributed by atoms with Crippen LogP contribution in [0.5, 0.6) is 0 Å².